The molecule has 1 aliphatic heterocycles. The van der Waals surface area contributed by atoms with Crippen molar-refractivity contribution in [3.05, 3.63) is 102 Å². The van der Waals surface area contributed by atoms with Crippen LogP contribution in [0.2, 0.25) is 0 Å². The minimum Gasteiger partial charge on any atom is -0.355 e. The van der Waals surface area contributed by atoms with Crippen LogP contribution in [0, 0.1) is 12.8 Å². The molecule has 2 amide bonds. The fourth-order valence-electron chi connectivity index (χ4n) is 4.13. The topological polar surface area (TPSA) is 49.4 Å². The number of benzene rings is 3. The highest BCUT2D eigenvalue weighted by molar-refractivity contribution is 6.00. The van der Waals surface area contributed by atoms with Gasteiger partial charge in [0, 0.05) is 31.1 Å². The van der Waals surface area contributed by atoms with E-state index in [1.54, 1.807) is 4.90 Å². The van der Waals surface area contributed by atoms with Gasteiger partial charge in [0.1, 0.15) is 0 Å². The molecule has 1 heterocycles. The summed E-state index contributed by atoms with van der Waals surface area (Å²) in [5, 5.41) is 3.11. The first-order valence-electron chi connectivity index (χ1n) is 10.4. The molecule has 1 saturated heterocycles. The third-order valence-corrected chi connectivity index (χ3v) is 5.79. The number of carbonyl (C=O) groups is 2. The number of hydrogen-bond acceptors (Lipinski definition) is 2. The van der Waals surface area contributed by atoms with E-state index in [-0.39, 0.29) is 30.1 Å². The van der Waals surface area contributed by atoms with Gasteiger partial charge >= 0.3 is 0 Å². The number of para-hydroxylation sites is 1. The van der Waals surface area contributed by atoms with Crippen LogP contribution in [0.1, 0.15) is 29.0 Å². The molecule has 1 N–H and O–H groups in total. The molecule has 3 aromatic carbocycles. The number of anilines is 1. The lowest BCUT2D eigenvalue weighted by Crippen LogP contribution is -2.35. The number of nitrogens with one attached hydrogen (secondary N) is 1. The van der Waals surface area contributed by atoms with Crippen molar-refractivity contribution in [3.8, 4) is 0 Å². The van der Waals surface area contributed by atoms with Crippen LogP contribution in [0.5, 0.6) is 0 Å². The monoisotopic (exact) mass is 398 g/mol. The van der Waals surface area contributed by atoms with Crippen LogP contribution in [0.15, 0.2) is 84.9 Å². The van der Waals surface area contributed by atoms with E-state index < -0.39 is 0 Å². The molecule has 0 unspecified atom stereocenters. The molecule has 1 fully saturated rings. The summed E-state index contributed by atoms with van der Waals surface area (Å²) in [5.41, 5.74) is 4.26. The summed E-state index contributed by atoms with van der Waals surface area (Å²) in [6, 6.07) is 28.2. The molecular formula is C26H26N2O2. The van der Waals surface area contributed by atoms with Gasteiger partial charge in [0.05, 0.1) is 5.92 Å². The van der Waals surface area contributed by atoms with E-state index in [2.05, 4.69) is 29.6 Å². The second kappa shape index (κ2) is 8.95. The standard InChI is InChI=1S/C26H26N2O2/c1-19-10-8-9-15-24(19)28-18-22(16-25(28)29)26(30)27-17-23(20-11-4-2-5-12-20)21-13-6-3-7-14-21/h2-15,22-23H,16-18H2,1H3,(H,27,30)/t22-/m0/s1. The maximum Gasteiger partial charge on any atom is 0.227 e. The van der Waals surface area contributed by atoms with Crippen LogP contribution >= 0.6 is 0 Å². The lowest BCUT2D eigenvalue weighted by molar-refractivity contribution is -0.126. The second-order valence-electron chi connectivity index (χ2n) is 7.81. The number of amides is 2. The van der Waals surface area contributed by atoms with Crippen LogP contribution in [0.3, 0.4) is 0 Å². The summed E-state index contributed by atoms with van der Waals surface area (Å²) in [6.07, 6.45) is 0.251. The Hall–Kier alpha value is -3.40. The molecule has 30 heavy (non-hydrogen) atoms. The van der Waals surface area contributed by atoms with E-state index in [0.29, 0.717) is 13.1 Å². The third kappa shape index (κ3) is 4.28. The zero-order chi connectivity index (χ0) is 20.9. The summed E-state index contributed by atoms with van der Waals surface area (Å²) >= 11 is 0. The van der Waals surface area contributed by atoms with Gasteiger partial charge in [0.25, 0.3) is 0 Å². The van der Waals surface area contributed by atoms with Crippen molar-refractivity contribution in [1.82, 2.24) is 5.32 Å². The van der Waals surface area contributed by atoms with Crippen molar-refractivity contribution < 1.29 is 9.59 Å². The average molecular weight is 399 g/mol. The SMILES string of the molecule is Cc1ccccc1N1C[C@@H](C(=O)NCC(c2ccccc2)c2ccccc2)CC1=O. The quantitative estimate of drug-likeness (QED) is 0.673. The first kappa shape index (κ1) is 19.9. The van der Waals surface area contributed by atoms with Gasteiger partial charge in [-0.25, -0.2) is 0 Å². The Morgan fingerprint density at radius 2 is 1.50 bits per heavy atom. The van der Waals surface area contributed by atoms with Gasteiger partial charge in [0.15, 0.2) is 0 Å². The maximum atomic E-state index is 12.9. The zero-order valence-corrected chi connectivity index (χ0v) is 17.1. The van der Waals surface area contributed by atoms with Crippen molar-refractivity contribution >= 4 is 17.5 Å². The predicted octanol–water partition coefficient (Wildman–Crippen LogP) is 4.30. The molecule has 3 aromatic rings. The zero-order valence-electron chi connectivity index (χ0n) is 17.1. The van der Waals surface area contributed by atoms with Crippen LogP contribution in [-0.2, 0) is 9.59 Å². The van der Waals surface area contributed by atoms with Crippen LogP contribution in [0.4, 0.5) is 5.69 Å². The van der Waals surface area contributed by atoms with E-state index in [1.165, 1.54) is 0 Å². The smallest absolute Gasteiger partial charge is 0.227 e. The number of carbonyl (C=O) groups excluding carboxylic acids is 2. The first-order valence-corrected chi connectivity index (χ1v) is 10.4. The van der Waals surface area contributed by atoms with E-state index in [1.807, 2.05) is 67.6 Å². The summed E-state index contributed by atoms with van der Waals surface area (Å²) in [4.78, 5) is 27.2. The van der Waals surface area contributed by atoms with Gasteiger partial charge in [-0.2, -0.15) is 0 Å². The Kier molecular flexibility index (Phi) is 5.94. The second-order valence-corrected chi connectivity index (χ2v) is 7.81. The molecule has 0 aliphatic carbocycles. The Morgan fingerprint density at radius 3 is 2.10 bits per heavy atom. The van der Waals surface area contributed by atoms with Gasteiger partial charge in [-0.15, -0.1) is 0 Å². The summed E-state index contributed by atoms with van der Waals surface area (Å²) in [6.45, 7) is 2.92. The number of rotatable bonds is 6. The number of nitrogens with zero attached hydrogens (tertiary/aromatic N) is 1. The molecule has 0 aromatic heterocycles. The number of hydrogen-bond donors (Lipinski definition) is 1. The van der Waals surface area contributed by atoms with E-state index in [0.717, 1.165) is 22.4 Å². The molecule has 4 rings (SSSR count). The van der Waals surface area contributed by atoms with Crippen molar-refractivity contribution in [1.29, 1.82) is 0 Å². The Bertz CT molecular complexity index is 978. The fraction of sp³-hybridized carbons (Fsp3) is 0.231. The fourth-order valence-corrected chi connectivity index (χ4v) is 4.13. The highest BCUT2D eigenvalue weighted by atomic mass is 16.2. The van der Waals surface area contributed by atoms with Gasteiger partial charge in [-0.1, -0.05) is 78.9 Å². The molecule has 1 atom stereocenters. The van der Waals surface area contributed by atoms with Crippen molar-refractivity contribution in [2.45, 2.75) is 19.3 Å². The maximum absolute atomic E-state index is 12.9. The third-order valence-electron chi connectivity index (χ3n) is 5.79. The van der Waals surface area contributed by atoms with Crippen molar-refractivity contribution in [2.24, 2.45) is 5.92 Å². The molecular weight excluding hydrogens is 372 g/mol. The van der Waals surface area contributed by atoms with Gasteiger partial charge in [-0.3, -0.25) is 9.59 Å². The molecule has 0 radical (unpaired) electrons. The molecule has 0 saturated carbocycles. The molecule has 152 valence electrons. The van der Waals surface area contributed by atoms with Crippen LogP contribution in [0.25, 0.3) is 0 Å². The normalized spacial score (nSPS) is 16.1. The Morgan fingerprint density at radius 1 is 0.933 bits per heavy atom. The lowest BCUT2D eigenvalue weighted by Gasteiger charge is -2.21. The van der Waals surface area contributed by atoms with Crippen molar-refractivity contribution in [2.75, 3.05) is 18.0 Å². The van der Waals surface area contributed by atoms with E-state index in [4.69, 9.17) is 0 Å². The molecule has 1 aliphatic rings. The molecule has 0 bridgehead atoms. The van der Waals surface area contributed by atoms with Gasteiger partial charge in [-0.05, 0) is 29.7 Å². The summed E-state index contributed by atoms with van der Waals surface area (Å²) < 4.78 is 0. The van der Waals surface area contributed by atoms with Crippen LogP contribution < -0.4 is 10.2 Å². The molecule has 0 spiro atoms. The largest absolute Gasteiger partial charge is 0.355 e. The average Bonchev–Trinajstić information content (AvgIpc) is 3.17. The molecule has 4 heteroatoms. The van der Waals surface area contributed by atoms with Crippen LogP contribution in [-0.4, -0.2) is 24.9 Å². The van der Waals surface area contributed by atoms with Gasteiger partial charge < -0.3 is 10.2 Å². The number of aryl methyl sites for hydroxylation is 1. The van der Waals surface area contributed by atoms with Crippen molar-refractivity contribution in [3.63, 3.8) is 0 Å². The summed E-state index contributed by atoms with van der Waals surface area (Å²) in [7, 11) is 0. The Balaban J connectivity index is 1.45. The highest BCUT2D eigenvalue weighted by Crippen LogP contribution is 2.28. The molecule has 4 nitrogen and oxygen atoms in total. The highest BCUT2D eigenvalue weighted by Gasteiger charge is 2.35. The van der Waals surface area contributed by atoms with Gasteiger partial charge in [0.2, 0.25) is 11.8 Å². The Labute approximate surface area is 177 Å². The van der Waals surface area contributed by atoms with E-state index in [9.17, 15) is 9.59 Å². The predicted molar refractivity (Wildman–Crippen MR) is 119 cm³/mol. The minimum absolute atomic E-state index is 0.00659. The lowest BCUT2D eigenvalue weighted by atomic mass is 9.91. The summed E-state index contributed by atoms with van der Waals surface area (Å²) in [5.74, 6) is -0.311. The first-order chi connectivity index (χ1) is 14.6. The minimum atomic E-state index is -0.329. The van der Waals surface area contributed by atoms with E-state index >= 15 is 0 Å².